The highest BCUT2D eigenvalue weighted by molar-refractivity contribution is 7.53. The Balaban J connectivity index is 1.43. The molecule has 1 aromatic heterocycles. The quantitative estimate of drug-likeness (QED) is 0.120. The molecule has 3 aliphatic rings. The van der Waals surface area contributed by atoms with Crippen LogP contribution in [0.25, 0.3) is 0 Å². The van der Waals surface area contributed by atoms with Gasteiger partial charge in [-0.15, -0.1) is 0 Å². The summed E-state index contributed by atoms with van der Waals surface area (Å²) in [7, 11) is -1.72. The molecular formula is C33H42F3N6O6P. The van der Waals surface area contributed by atoms with E-state index in [0.717, 1.165) is 30.2 Å². The molecule has 2 aromatic rings. The summed E-state index contributed by atoms with van der Waals surface area (Å²) in [6.07, 6.45) is 1.13. The number of hydrogen-bond acceptors (Lipinski definition) is 11. The molecule has 16 heteroatoms. The van der Waals surface area contributed by atoms with E-state index in [1.54, 1.807) is 50.9 Å². The fraction of sp³-hybridized carbons (Fsp3) is 0.515. The Morgan fingerprint density at radius 3 is 2.35 bits per heavy atom. The second-order valence-electron chi connectivity index (χ2n) is 12.1. The van der Waals surface area contributed by atoms with Crippen molar-refractivity contribution in [3.8, 4) is 0 Å². The smallest absolute Gasteiger partial charge is 0.419 e. The number of carbonyl (C=O) groups is 2. The predicted molar refractivity (Wildman–Crippen MR) is 178 cm³/mol. The number of rotatable bonds is 13. The first-order valence-electron chi connectivity index (χ1n) is 16.4. The molecule has 1 atom stereocenters. The number of aromatic nitrogens is 1. The topological polar surface area (TPSA) is 143 Å². The first-order valence-corrected chi connectivity index (χ1v) is 18.1. The Morgan fingerprint density at radius 2 is 1.78 bits per heavy atom. The third-order valence-corrected chi connectivity index (χ3v) is 10.7. The van der Waals surface area contributed by atoms with Crippen LogP contribution >= 0.6 is 7.60 Å². The minimum absolute atomic E-state index is 0.0645. The highest BCUT2D eigenvalue weighted by Crippen LogP contribution is 2.51. The number of anilines is 2. The first kappa shape index (κ1) is 36.3. The van der Waals surface area contributed by atoms with Crippen LogP contribution in [0.15, 0.2) is 47.2 Å². The molecule has 0 radical (unpaired) electrons. The lowest BCUT2D eigenvalue weighted by atomic mass is 9.77. The first-order chi connectivity index (χ1) is 23.3. The zero-order valence-corrected chi connectivity index (χ0v) is 28.8. The molecule has 3 N–H and O–H groups in total. The molecule has 0 bridgehead atoms. The molecule has 2 aliphatic heterocycles. The van der Waals surface area contributed by atoms with E-state index in [4.69, 9.17) is 13.8 Å². The minimum atomic E-state index is -4.64. The number of carbonyl (C=O) groups excluding carboxylic acids is 2. The van der Waals surface area contributed by atoms with Crippen molar-refractivity contribution < 1.29 is 41.1 Å². The number of aliphatic imine (C=N–C) groups is 1. The van der Waals surface area contributed by atoms with Gasteiger partial charge in [0.05, 0.1) is 66.3 Å². The highest BCUT2D eigenvalue weighted by atomic mass is 31.2. The van der Waals surface area contributed by atoms with Crippen molar-refractivity contribution >= 4 is 37.1 Å². The number of fused-ring (bicyclic) bond motifs is 1. The van der Waals surface area contributed by atoms with Gasteiger partial charge in [-0.05, 0) is 81.7 Å². The van der Waals surface area contributed by atoms with Gasteiger partial charge in [0.25, 0.3) is 11.8 Å². The second-order valence-corrected chi connectivity index (χ2v) is 14.2. The Hall–Kier alpha value is -3.94. The van der Waals surface area contributed by atoms with E-state index in [1.165, 1.54) is 6.20 Å². The van der Waals surface area contributed by atoms with Crippen molar-refractivity contribution in [2.24, 2.45) is 10.9 Å². The molecule has 1 amide bonds. The Labute approximate surface area is 283 Å². The van der Waals surface area contributed by atoms with E-state index in [-0.39, 0.29) is 43.1 Å². The third-order valence-electron chi connectivity index (χ3n) is 8.73. The Kier molecular flexibility index (Phi) is 11.0. The molecule has 1 fully saturated rings. The van der Waals surface area contributed by atoms with Gasteiger partial charge >= 0.3 is 19.7 Å². The summed E-state index contributed by atoms with van der Waals surface area (Å²) in [6.45, 7) is 6.31. The molecular weight excluding hydrogens is 664 g/mol. The third kappa shape index (κ3) is 8.27. The summed E-state index contributed by atoms with van der Waals surface area (Å²) in [6, 6.07) is 6.90. The molecule has 1 aliphatic carbocycles. The van der Waals surface area contributed by atoms with Crippen molar-refractivity contribution in [1.82, 2.24) is 15.2 Å². The van der Waals surface area contributed by atoms with Gasteiger partial charge in [-0.3, -0.25) is 19.1 Å². The van der Waals surface area contributed by atoms with Crippen LogP contribution in [-0.2, 0) is 35.9 Å². The highest BCUT2D eigenvalue weighted by Gasteiger charge is 2.41. The summed E-state index contributed by atoms with van der Waals surface area (Å²) in [5.74, 6) is -2.18. The van der Waals surface area contributed by atoms with Crippen molar-refractivity contribution in [2.75, 3.05) is 37.5 Å². The van der Waals surface area contributed by atoms with Crippen LogP contribution in [0.4, 0.5) is 24.5 Å². The van der Waals surface area contributed by atoms with Gasteiger partial charge in [-0.2, -0.15) is 13.2 Å². The molecule has 5 rings (SSSR count). The van der Waals surface area contributed by atoms with Crippen LogP contribution in [-0.4, -0.2) is 66.9 Å². The van der Waals surface area contributed by atoms with Crippen molar-refractivity contribution in [3.05, 3.63) is 64.6 Å². The van der Waals surface area contributed by atoms with Crippen LogP contribution < -0.4 is 16.0 Å². The van der Waals surface area contributed by atoms with E-state index in [1.807, 2.05) is 6.07 Å². The zero-order chi connectivity index (χ0) is 35.4. The van der Waals surface area contributed by atoms with Crippen LogP contribution in [0.2, 0.25) is 0 Å². The number of esters is 1. The SMILES string of the molecule is CCOC(=O)C1CCC(c2ccc(NC3(Nc4ccc(CP(=O)(OCC)OCC)nc4)N=CC(C(F)(F)F)=CN3)c3c2CN(C)C3=O)CC1. The summed E-state index contributed by atoms with van der Waals surface area (Å²) in [5.41, 5.74) is 2.42. The van der Waals surface area contributed by atoms with Crippen LogP contribution in [0, 0.1) is 5.92 Å². The number of hydrogen-bond donors (Lipinski definition) is 3. The molecule has 0 spiro atoms. The van der Waals surface area contributed by atoms with Crippen molar-refractivity contribution in [3.63, 3.8) is 0 Å². The van der Waals surface area contributed by atoms with Crippen molar-refractivity contribution in [2.45, 2.75) is 77.2 Å². The summed E-state index contributed by atoms with van der Waals surface area (Å²) >= 11 is 0. The fourth-order valence-corrected chi connectivity index (χ4v) is 8.06. The lowest BCUT2D eigenvalue weighted by molar-refractivity contribution is -0.149. The summed E-state index contributed by atoms with van der Waals surface area (Å²) < 4.78 is 69.6. The van der Waals surface area contributed by atoms with Gasteiger partial charge in [0.2, 0.25) is 0 Å². The maximum Gasteiger partial charge on any atom is 0.419 e. The molecule has 12 nitrogen and oxygen atoms in total. The fourth-order valence-electron chi connectivity index (χ4n) is 6.43. The number of amides is 1. The minimum Gasteiger partial charge on any atom is -0.466 e. The summed E-state index contributed by atoms with van der Waals surface area (Å²) in [4.78, 5) is 36.0. The predicted octanol–water partition coefficient (Wildman–Crippen LogP) is 6.53. The van der Waals surface area contributed by atoms with Gasteiger partial charge in [-0.1, -0.05) is 6.07 Å². The maximum atomic E-state index is 13.6. The number of alkyl halides is 3. The molecule has 1 saturated carbocycles. The molecule has 1 unspecified atom stereocenters. The monoisotopic (exact) mass is 706 g/mol. The van der Waals surface area contributed by atoms with E-state index in [9.17, 15) is 27.3 Å². The van der Waals surface area contributed by atoms with Gasteiger partial charge in [0.1, 0.15) is 0 Å². The van der Waals surface area contributed by atoms with Gasteiger partial charge in [0.15, 0.2) is 0 Å². The molecule has 3 heterocycles. The van der Waals surface area contributed by atoms with Crippen molar-refractivity contribution in [1.29, 1.82) is 0 Å². The van der Waals surface area contributed by atoms with Gasteiger partial charge in [-0.25, -0.2) is 4.99 Å². The lowest BCUT2D eigenvalue weighted by Gasteiger charge is -2.36. The van der Waals surface area contributed by atoms with Crippen LogP contribution in [0.1, 0.15) is 79.6 Å². The van der Waals surface area contributed by atoms with Gasteiger partial charge in [0, 0.05) is 26.0 Å². The molecule has 266 valence electrons. The van der Waals surface area contributed by atoms with E-state index in [0.29, 0.717) is 54.8 Å². The number of halogens is 3. The number of ether oxygens (including phenoxy) is 1. The normalized spacial score (nSPS) is 22.3. The Bertz CT molecular complexity index is 1630. The molecule has 1 aromatic carbocycles. The van der Waals surface area contributed by atoms with Crippen LogP contribution in [0.5, 0.6) is 0 Å². The summed E-state index contributed by atoms with van der Waals surface area (Å²) in [5, 5.41) is 8.96. The largest absolute Gasteiger partial charge is 0.466 e. The van der Waals surface area contributed by atoms with E-state index >= 15 is 0 Å². The zero-order valence-electron chi connectivity index (χ0n) is 27.9. The number of allylic oxidation sites excluding steroid dienone is 1. The van der Waals surface area contributed by atoms with E-state index in [2.05, 4.69) is 25.9 Å². The average Bonchev–Trinajstić information content (AvgIpc) is 3.36. The number of nitrogens with one attached hydrogen (secondary N) is 3. The Morgan fingerprint density at radius 1 is 1.06 bits per heavy atom. The van der Waals surface area contributed by atoms with Crippen LogP contribution in [0.3, 0.4) is 0 Å². The average molecular weight is 707 g/mol. The van der Waals surface area contributed by atoms with E-state index < -0.39 is 25.3 Å². The lowest BCUT2D eigenvalue weighted by Crippen LogP contribution is -2.56. The standard InChI is InChI=1S/C33H42F3N6O6P/c1-5-46-31(44)22-10-8-21(9-11-22)26-14-15-28(29-27(26)19-42(4)30(29)43)41-33(38-16-23(17-39-33)32(34,35)36)40-24-12-13-25(37-18-24)20-49(45,47-6-2)48-7-3/h12-18,21-22,38,40-41H,5-11,19-20H2,1-4H3. The number of benzene rings is 1. The second kappa shape index (κ2) is 14.9. The molecule has 0 saturated heterocycles. The number of nitrogens with zero attached hydrogens (tertiary/aromatic N) is 3. The maximum absolute atomic E-state index is 13.6. The van der Waals surface area contributed by atoms with Gasteiger partial charge < -0.3 is 34.6 Å². The number of pyridine rings is 1. The molecule has 49 heavy (non-hydrogen) atoms.